The van der Waals surface area contributed by atoms with E-state index in [1.807, 2.05) is 11.6 Å². The number of hydrogen-bond acceptors (Lipinski definition) is 2. The number of nitrogens with zero attached hydrogens (tertiary/aromatic N) is 2. The molecule has 0 unspecified atom stereocenters. The van der Waals surface area contributed by atoms with Crippen LogP contribution < -0.4 is 0 Å². The second kappa shape index (κ2) is 5.08. The molecule has 4 nitrogen and oxygen atoms in total. The van der Waals surface area contributed by atoms with Crippen molar-refractivity contribution in [2.45, 2.75) is 44.4 Å². The van der Waals surface area contributed by atoms with Gasteiger partial charge in [-0.2, -0.15) is 0 Å². The molecule has 0 radical (unpaired) electrons. The highest BCUT2D eigenvalue weighted by atomic mass is 35.5. The summed E-state index contributed by atoms with van der Waals surface area (Å²) >= 11 is 6.18. The quantitative estimate of drug-likeness (QED) is 0.901. The lowest BCUT2D eigenvalue weighted by Gasteiger charge is -2.08. The largest absolute Gasteiger partial charge is 0.481 e. The molecule has 0 spiro atoms. The lowest BCUT2D eigenvalue weighted by Crippen LogP contribution is -2.02. The van der Waals surface area contributed by atoms with Gasteiger partial charge in [-0.15, -0.1) is 0 Å². The Bertz CT molecular complexity index is 422. The van der Waals surface area contributed by atoms with Gasteiger partial charge < -0.3 is 9.67 Å². The van der Waals surface area contributed by atoms with Gasteiger partial charge >= 0.3 is 5.97 Å². The van der Waals surface area contributed by atoms with E-state index >= 15 is 0 Å². The average molecular weight is 257 g/mol. The molecule has 1 aliphatic rings. The van der Waals surface area contributed by atoms with Gasteiger partial charge in [-0.3, -0.25) is 4.79 Å². The molecule has 94 valence electrons. The van der Waals surface area contributed by atoms with E-state index in [1.165, 1.54) is 25.7 Å². The van der Waals surface area contributed by atoms with Gasteiger partial charge in [-0.25, -0.2) is 4.98 Å². The molecule has 0 aromatic carbocycles. The van der Waals surface area contributed by atoms with Gasteiger partial charge in [0.15, 0.2) is 0 Å². The molecule has 0 bridgehead atoms. The first-order valence-electron chi connectivity index (χ1n) is 6.02. The van der Waals surface area contributed by atoms with Gasteiger partial charge in [0.05, 0.1) is 12.1 Å². The van der Waals surface area contributed by atoms with E-state index in [1.54, 1.807) is 0 Å². The fourth-order valence-electron chi connectivity index (χ4n) is 2.49. The topological polar surface area (TPSA) is 55.1 Å². The van der Waals surface area contributed by atoms with E-state index in [0.29, 0.717) is 17.5 Å². The number of aliphatic carboxylic acids is 1. The highest BCUT2D eigenvalue weighted by Crippen LogP contribution is 2.35. The van der Waals surface area contributed by atoms with Crippen molar-refractivity contribution >= 4 is 17.6 Å². The SMILES string of the molecule is Cn1c(C2CCCC2)nc(CCC(=O)O)c1Cl. The number of carboxylic acids is 1. The van der Waals surface area contributed by atoms with Crippen LogP contribution in [0.4, 0.5) is 0 Å². The van der Waals surface area contributed by atoms with Crippen LogP contribution in [0.5, 0.6) is 0 Å². The zero-order chi connectivity index (χ0) is 12.4. The molecule has 17 heavy (non-hydrogen) atoms. The fraction of sp³-hybridized carbons (Fsp3) is 0.667. The van der Waals surface area contributed by atoms with Crippen LogP contribution >= 0.6 is 11.6 Å². The zero-order valence-corrected chi connectivity index (χ0v) is 10.7. The molecule has 2 rings (SSSR count). The molecule has 0 saturated heterocycles. The van der Waals surface area contributed by atoms with Crippen molar-refractivity contribution in [1.29, 1.82) is 0 Å². The van der Waals surface area contributed by atoms with Crippen molar-refractivity contribution in [3.05, 3.63) is 16.7 Å². The van der Waals surface area contributed by atoms with Crippen LogP contribution in [-0.4, -0.2) is 20.6 Å². The Hall–Kier alpha value is -1.03. The van der Waals surface area contributed by atoms with Crippen molar-refractivity contribution in [3.8, 4) is 0 Å². The van der Waals surface area contributed by atoms with Crippen LogP contribution in [-0.2, 0) is 18.3 Å². The molecule has 1 aromatic rings. The van der Waals surface area contributed by atoms with E-state index in [4.69, 9.17) is 16.7 Å². The van der Waals surface area contributed by atoms with Crippen LogP contribution in [0.2, 0.25) is 5.15 Å². The second-order valence-corrected chi connectivity index (χ2v) is 5.00. The molecule has 1 saturated carbocycles. The summed E-state index contributed by atoms with van der Waals surface area (Å²) in [5.74, 6) is 0.707. The monoisotopic (exact) mass is 256 g/mol. The Balaban J connectivity index is 2.17. The van der Waals surface area contributed by atoms with Crippen LogP contribution in [0.25, 0.3) is 0 Å². The van der Waals surface area contributed by atoms with E-state index < -0.39 is 5.97 Å². The number of carbonyl (C=O) groups is 1. The van der Waals surface area contributed by atoms with E-state index in [-0.39, 0.29) is 6.42 Å². The third kappa shape index (κ3) is 2.63. The summed E-state index contributed by atoms with van der Waals surface area (Å²) in [6, 6.07) is 0. The number of carboxylic acid groups (broad SMARTS) is 1. The minimum atomic E-state index is -0.811. The minimum Gasteiger partial charge on any atom is -0.481 e. The van der Waals surface area contributed by atoms with E-state index in [0.717, 1.165) is 11.5 Å². The van der Waals surface area contributed by atoms with Crippen LogP contribution in [0.15, 0.2) is 0 Å². The molecule has 1 fully saturated rings. The Morgan fingerprint density at radius 3 is 2.76 bits per heavy atom. The predicted molar refractivity (Wildman–Crippen MR) is 65.4 cm³/mol. The lowest BCUT2D eigenvalue weighted by molar-refractivity contribution is -0.136. The second-order valence-electron chi connectivity index (χ2n) is 4.64. The first-order chi connectivity index (χ1) is 8.09. The van der Waals surface area contributed by atoms with Gasteiger partial charge in [0.1, 0.15) is 11.0 Å². The molecule has 1 N–H and O–H groups in total. The molecule has 5 heteroatoms. The Morgan fingerprint density at radius 2 is 2.18 bits per heavy atom. The van der Waals surface area contributed by atoms with Crippen molar-refractivity contribution in [1.82, 2.24) is 9.55 Å². The van der Waals surface area contributed by atoms with Crippen molar-refractivity contribution in [2.75, 3.05) is 0 Å². The maximum atomic E-state index is 10.6. The summed E-state index contributed by atoms with van der Waals surface area (Å²) in [6.07, 6.45) is 5.33. The first kappa shape index (κ1) is 12.4. The van der Waals surface area contributed by atoms with E-state index in [2.05, 4.69) is 4.98 Å². The average Bonchev–Trinajstić information content (AvgIpc) is 2.88. The van der Waals surface area contributed by atoms with Gasteiger partial charge in [-0.1, -0.05) is 24.4 Å². The molecular weight excluding hydrogens is 240 g/mol. The number of rotatable bonds is 4. The minimum absolute atomic E-state index is 0.0842. The Morgan fingerprint density at radius 1 is 1.53 bits per heavy atom. The number of aromatic nitrogens is 2. The fourth-order valence-corrected chi connectivity index (χ4v) is 2.71. The van der Waals surface area contributed by atoms with Gasteiger partial charge in [0.25, 0.3) is 0 Å². The Kier molecular flexibility index (Phi) is 3.72. The van der Waals surface area contributed by atoms with Gasteiger partial charge in [0.2, 0.25) is 0 Å². The summed E-state index contributed by atoms with van der Waals surface area (Å²) in [5, 5.41) is 9.27. The molecule has 0 aliphatic heterocycles. The highest BCUT2D eigenvalue weighted by Gasteiger charge is 2.24. The first-order valence-corrected chi connectivity index (χ1v) is 6.40. The summed E-state index contributed by atoms with van der Waals surface area (Å²) in [7, 11) is 1.91. The van der Waals surface area contributed by atoms with Crippen molar-refractivity contribution in [2.24, 2.45) is 7.05 Å². The number of halogens is 1. The normalized spacial score (nSPS) is 16.6. The van der Waals surface area contributed by atoms with Crippen LogP contribution in [0.3, 0.4) is 0 Å². The summed E-state index contributed by atoms with van der Waals surface area (Å²) in [5.41, 5.74) is 0.721. The third-order valence-corrected chi connectivity index (χ3v) is 3.89. The molecule has 0 amide bonds. The Labute approximate surface area is 106 Å². The number of imidazole rings is 1. The molecule has 1 aliphatic carbocycles. The molecule has 1 heterocycles. The van der Waals surface area contributed by atoms with Gasteiger partial charge in [0, 0.05) is 19.4 Å². The maximum absolute atomic E-state index is 10.6. The number of aryl methyl sites for hydroxylation is 1. The summed E-state index contributed by atoms with van der Waals surface area (Å²) in [4.78, 5) is 15.1. The van der Waals surface area contributed by atoms with Crippen molar-refractivity contribution < 1.29 is 9.90 Å². The summed E-state index contributed by atoms with van der Waals surface area (Å²) in [6.45, 7) is 0. The standard InChI is InChI=1S/C12H17ClN2O2/c1-15-11(13)9(6-7-10(16)17)14-12(15)8-4-2-3-5-8/h8H,2-7H2,1H3,(H,16,17). The summed E-state index contributed by atoms with van der Waals surface area (Å²) < 4.78 is 1.91. The van der Waals surface area contributed by atoms with Crippen molar-refractivity contribution in [3.63, 3.8) is 0 Å². The zero-order valence-electron chi connectivity index (χ0n) is 9.95. The predicted octanol–water partition coefficient (Wildman–Crippen LogP) is 2.75. The maximum Gasteiger partial charge on any atom is 0.303 e. The lowest BCUT2D eigenvalue weighted by atomic mass is 10.1. The van der Waals surface area contributed by atoms with E-state index in [9.17, 15) is 4.79 Å². The molecule has 0 atom stereocenters. The highest BCUT2D eigenvalue weighted by molar-refractivity contribution is 6.30. The van der Waals surface area contributed by atoms with Crippen LogP contribution in [0, 0.1) is 0 Å². The van der Waals surface area contributed by atoms with Gasteiger partial charge in [-0.05, 0) is 12.8 Å². The van der Waals surface area contributed by atoms with Crippen LogP contribution in [0.1, 0.15) is 49.5 Å². The molecular formula is C12H17ClN2O2. The number of hydrogen-bond donors (Lipinski definition) is 1. The molecule has 1 aromatic heterocycles. The smallest absolute Gasteiger partial charge is 0.303 e. The third-order valence-electron chi connectivity index (χ3n) is 3.42.